The van der Waals surface area contributed by atoms with Gasteiger partial charge in [-0.1, -0.05) is 56.3 Å². The number of amidine groups is 1. The summed E-state index contributed by atoms with van der Waals surface area (Å²) in [7, 11) is 1.74. The van der Waals surface area contributed by atoms with Gasteiger partial charge in [-0.05, 0) is 19.1 Å². The number of aryl methyl sites for hydroxylation is 1. The summed E-state index contributed by atoms with van der Waals surface area (Å²) in [5.74, 6) is 0.973. The number of aromatic nitrogens is 3. The van der Waals surface area contributed by atoms with E-state index in [0.29, 0.717) is 22.1 Å². The van der Waals surface area contributed by atoms with E-state index in [-0.39, 0.29) is 12.0 Å². The lowest BCUT2D eigenvalue weighted by atomic mass is 9.93. The van der Waals surface area contributed by atoms with Crippen molar-refractivity contribution in [1.29, 1.82) is 5.41 Å². The molecule has 0 aliphatic carbocycles. The third kappa shape index (κ3) is 5.19. The Morgan fingerprint density at radius 1 is 1.24 bits per heavy atom. The Kier molecular flexibility index (Phi) is 7.12. The molecule has 0 aliphatic heterocycles. The number of pyridine rings is 2. The third-order valence-corrected chi connectivity index (χ3v) is 7.57. The fraction of sp³-hybridized carbons (Fsp3) is 0.280. The normalized spacial score (nSPS) is 11.6. The van der Waals surface area contributed by atoms with Crippen LogP contribution in [0.3, 0.4) is 0 Å². The van der Waals surface area contributed by atoms with E-state index in [1.54, 1.807) is 42.5 Å². The van der Waals surface area contributed by atoms with Crippen molar-refractivity contribution in [3.8, 4) is 5.75 Å². The number of nitrogens with zero attached hydrogens (tertiary/aromatic N) is 3. The molecule has 0 unspecified atom stereocenters. The SMILES string of the molecule is CNC(=N)c1cc(C)nc2c(OCc3c(Cl)cncc3Sc3nc(C(C)(C)C)cs3)cccc12. The molecule has 6 nitrogen and oxygen atoms in total. The van der Waals surface area contributed by atoms with Crippen LogP contribution in [0, 0.1) is 12.3 Å². The van der Waals surface area contributed by atoms with Crippen LogP contribution in [-0.2, 0) is 12.0 Å². The van der Waals surface area contributed by atoms with E-state index < -0.39 is 0 Å². The van der Waals surface area contributed by atoms with E-state index in [0.717, 1.165) is 37.1 Å². The summed E-state index contributed by atoms with van der Waals surface area (Å²) in [6.07, 6.45) is 3.43. The van der Waals surface area contributed by atoms with Gasteiger partial charge in [-0.2, -0.15) is 0 Å². The smallest absolute Gasteiger partial charge is 0.154 e. The molecular formula is C25H26ClN5OS2. The number of fused-ring (bicyclic) bond motifs is 1. The number of nitrogens with one attached hydrogen (secondary N) is 2. The molecule has 3 aromatic heterocycles. The van der Waals surface area contributed by atoms with Gasteiger partial charge in [-0.15, -0.1) is 11.3 Å². The van der Waals surface area contributed by atoms with Crippen molar-refractivity contribution in [2.24, 2.45) is 0 Å². The van der Waals surface area contributed by atoms with Crippen molar-refractivity contribution in [2.75, 3.05) is 7.05 Å². The van der Waals surface area contributed by atoms with Gasteiger partial charge in [0.1, 0.15) is 23.7 Å². The zero-order valence-electron chi connectivity index (χ0n) is 19.7. The predicted molar refractivity (Wildman–Crippen MR) is 141 cm³/mol. The molecule has 0 fully saturated rings. The number of hydrogen-bond donors (Lipinski definition) is 2. The second-order valence-corrected chi connectivity index (χ2v) is 11.4. The van der Waals surface area contributed by atoms with Gasteiger partial charge in [0.15, 0.2) is 4.34 Å². The molecule has 0 radical (unpaired) electrons. The van der Waals surface area contributed by atoms with Crippen LogP contribution in [-0.4, -0.2) is 27.8 Å². The Balaban J connectivity index is 1.64. The number of ether oxygens (including phenoxy) is 1. The van der Waals surface area contributed by atoms with Crippen LogP contribution < -0.4 is 10.1 Å². The fourth-order valence-corrected chi connectivity index (χ4v) is 5.76. The van der Waals surface area contributed by atoms with Gasteiger partial charge < -0.3 is 10.1 Å². The van der Waals surface area contributed by atoms with E-state index in [1.165, 1.54) is 0 Å². The number of hydrogen-bond acceptors (Lipinski definition) is 7. The first-order valence-electron chi connectivity index (χ1n) is 10.7. The number of benzene rings is 1. The topological polar surface area (TPSA) is 83.8 Å². The highest BCUT2D eigenvalue weighted by atomic mass is 35.5. The van der Waals surface area contributed by atoms with Crippen LogP contribution in [0.15, 0.2) is 51.3 Å². The van der Waals surface area contributed by atoms with Crippen LogP contribution in [0.2, 0.25) is 5.02 Å². The minimum atomic E-state index is -0.00414. The quantitative estimate of drug-likeness (QED) is 0.223. The van der Waals surface area contributed by atoms with E-state index >= 15 is 0 Å². The van der Waals surface area contributed by atoms with Gasteiger partial charge in [0.25, 0.3) is 0 Å². The van der Waals surface area contributed by atoms with Gasteiger partial charge in [0, 0.05) is 57.3 Å². The molecule has 0 saturated heterocycles. The van der Waals surface area contributed by atoms with Gasteiger partial charge in [0.2, 0.25) is 0 Å². The number of thiazole rings is 1. The summed E-state index contributed by atoms with van der Waals surface area (Å²) in [6, 6.07) is 7.65. The van der Waals surface area contributed by atoms with Crippen LogP contribution in [0.25, 0.3) is 10.9 Å². The molecule has 0 amide bonds. The largest absolute Gasteiger partial charge is 0.487 e. The lowest BCUT2D eigenvalue weighted by molar-refractivity contribution is 0.306. The molecule has 4 rings (SSSR count). The lowest BCUT2D eigenvalue weighted by Gasteiger charge is -2.15. The minimum Gasteiger partial charge on any atom is -0.487 e. The van der Waals surface area contributed by atoms with Crippen molar-refractivity contribution < 1.29 is 4.74 Å². The average molecular weight is 512 g/mol. The molecule has 2 N–H and O–H groups in total. The van der Waals surface area contributed by atoms with Gasteiger partial charge in [-0.25, -0.2) is 9.97 Å². The van der Waals surface area contributed by atoms with E-state index in [4.69, 9.17) is 31.7 Å². The summed E-state index contributed by atoms with van der Waals surface area (Å²) in [5, 5.41) is 14.7. The molecule has 34 heavy (non-hydrogen) atoms. The maximum atomic E-state index is 8.26. The third-order valence-electron chi connectivity index (χ3n) is 5.24. The molecule has 0 spiro atoms. The highest BCUT2D eigenvalue weighted by Gasteiger charge is 2.19. The first-order valence-corrected chi connectivity index (χ1v) is 12.8. The molecule has 176 valence electrons. The number of para-hydroxylation sites is 1. The monoisotopic (exact) mass is 511 g/mol. The van der Waals surface area contributed by atoms with Crippen LogP contribution >= 0.6 is 34.7 Å². The molecule has 3 heterocycles. The molecule has 0 bridgehead atoms. The fourth-order valence-electron chi connectivity index (χ4n) is 3.37. The maximum Gasteiger partial charge on any atom is 0.154 e. The summed E-state index contributed by atoms with van der Waals surface area (Å²) >= 11 is 9.70. The number of halogens is 1. The van der Waals surface area contributed by atoms with Crippen LogP contribution in [0.5, 0.6) is 5.75 Å². The zero-order chi connectivity index (χ0) is 24.5. The standard InChI is InChI=1S/C25H26ClN5OS2/c1-14-9-16(23(27)28-5)15-7-6-8-19(22(15)30-14)32-12-17-18(26)10-29-11-20(17)34-24-31-21(13-33-24)25(2,3)4/h6-11,13H,12H2,1-5H3,(H2,27,28). The first-order chi connectivity index (χ1) is 16.2. The Morgan fingerprint density at radius 3 is 2.74 bits per heavy atom. The Hall–Kier alpha value is -2.68. The van der Waals surface area contributed by atoms with Crippen molar-refractivity contribution in [2.45, 2.75) is 49.0 Å². The van der Waals surface area contributed by atoms with Crippen molar-refractivity contribution >= 4 is 51.4 Å². The molecule has 0 aliphatic rings. The first kappa shape index (κ1) is 24.4. The maximum absolute atomic E-state index is 8.26. The molecule has 0 saturated carbocycles. The Bertz CT molecular complexity index is 1360. The van der Waals surface area contributed by atoms with Crippen molar-refractivity contribution in [1.82, 2.24) is 20.3 Å². The van der Waals surface area contributed by atoms with Crippen molar-refractivity contribution in [3.63, 3.8) is 0 Å². The van der Waals surface area contributed by atoms with Gasteiger partial charge >= 0.3 is 0 Å². The molecule has 1 aromatic carbocycles. The lowest BCUT2D eigenvalue weighted by Crippen LogP contribution is -2.18. The van der Waals surface area contributed by atoms with Crippen LogP contribution in [0.1, 0.15) is 43.3 Å². The predicted octanol–water partition coefficient (Wildman–Crippen LogP) is 6.62. The molecule has 0 atom stereocenters. The van der Waals surface area contributed by atoms with Gasteiger partial charge in [0.05, 0.1) is 10.7 Å². The van der Waals surface area contributed by atoms with Crippen LogP contribution in [0.4, 0.5) is 0 Å². The highest BCUT2D eigenvalue weighted by Crippen LogP contribution is 2.37. The second kappa shape index (κ2) is 9.90. The molecule has 9 heteroatoms. The summed E-state index contributed by atoms with van der Waals surface area (Å²) in [6.45, 7) is 8.63. The zero-order valence-corrected chi connectivity index (χ0v) is 22.1. The molecule has 4 aromatic rings. The minimum absolute atomic E-state index is 0.00414. The average Bonchev–Trinajstić information content (AvgIpc) is 3.27. The summed E-state index contributed by atoms with van der Waals surface area (Å²) in [4.78, 5) is 14.7. The molecular weight excluding hydrogens is 486 g/mol. The Labute approximate surface area is 212 Å². The summed E-state index contributed by atoms with van der Waals surface area (Å²) in [5.41, 5.74) is 4.22. The van der Waals surface area contributed by atoms with Gasteiger partial charge in [-0.3, -0.25) is 10.4 Å². The van der Waals surface area contributed by atoms with E-state index in [9.17, 15) is 0 Å². The number of rotatable bonds is 6. The second-order valence-electron chi connectivity index (χ2n) is 8.83. The van der Waals surface area contributed by atoms with E-state index in [1.807, 2.05) is 31.2 Å². The summed E-state index contributed by atoms with van der Waals surface area (Å²) < 4.78 is 7.19. The Morgan fingerprint density at radius 2 is 2.03 bits per heavy atom. The van der Waals surface area contributed by atoms with E-state index in [2.05, 4.69) is 36.5 Å². The van der Waals surface area contributed by atoms with Crippen molar-refractivity contribution in [3.05, 3.63) is 69.6 Å². The highest BCUT2D eigenvalue weighted by molar-refractivity contribution is 8.01.